The van der Waals surface area contributed by atoms with Crippen molar-refractivity contribution in [2.75, 3.05) is 21.0 Å². The first kappa shape index (κ1) is 15.6. The Labute approximate surface area is 146 Å². The molecule has 0 radical (unpaired) electrons. The van der Waals surface area contributed by atoms with Crippen LogP contribution in [0.1, 0.15) is 11.1 Å². The Morgan fingerprint density at radius 1 is 0.880 bits per heavy atom. The summed E-state index contributed by atoms with van der Waals surface area (Å²) in [6, 6.07) is 10.0. The van der Waals surface area contributed by atoms with Crippen molar-refractivity contribution in [2.24, 2.45) is 0 Å². The third kappa shape index (κ3) is 2.52. The van der Waals surface area contributed by atoms with Crippen LogP contribution in [0.15, 0.2) is 30.3 Å². The smallest absolute Gasteiger partial charge is 0.231 e. The summed E-state index contributed by atoms with van der Waals surface area (Å²) < 4.78 is 21.9. The highest BCUT2D eigenvalue weighted by atomic mass is 16.7. The number of fused-ring (bicyclic) bond motifs is 2. The summed E-state index contributed by atoms with van der Waals surface area (Å²) in [5, 5.41) is 1.12. The fourth-order valence-corrected chi connectivity index (χ4v) is 3.18. The van der Waals surface area contributed by atoms with Gasteiger partial charge in [-0.1, -0.05) is 0 Å². The number of aryl methyl sites for hydroxylation is 2. The molecule has 128 valence electrons. The maximum atomic E-state index is 5.52. The van der Waals surface area contributed by atoms with Gasteiger partial charge in [0.05, 0.1) is 25.4 Å². The standard InChI is InChI=1S/C20H19NO4/c1-11-6-15(21-16-9-17(22-3)12(2)5-14(11)16)13-7-18(23-4)20-19(8-13)24-10-25-20/h5-9H,10H2,1-4H3. The summed E-state index contributed by atoms with van der Waals surface area (Å²) in [6.07, 6.45) is 0. The van der Waals surface area contributed by atoms with Gasteiger partial charge in [0.1, 0.15) is 5.75 Å². The Morgan fingerprint density at radius 3 is 2.44 bits per heavy atom. The Morgan fingerprint density at radius 2 is 1.68 bits per heavy atom. The summed E-state index contributed by atoms with van der Waals surface area (Å²) >= 11 is 0. The summed E-state index contributed by atoms with van der Waals surface area (Å²) in [5.74, 6) is 2.79. The molecule has 1 aliphatic rings. The fourth-order valence-electron chi connectivity index (χ4n) is 3.18. The van der Waals surface area contributed by atoms with Crippen molar-refractivity contribution >= 4 is 10.9 Å². The van der Waals surface area contributed by atoms with Crippen molar-refractivity contribution in [1.29, 1.82) is 0 Å². The molecule has 25 heavy (non-hydrogen) atoms. The zero-order valence-corrected chi connectivity index (χ0v) is 14.7. The van der Waals surface area contributed by atoms with Crippen LogP contribution in [0.25, 0.3) is 22.2 Å². The van der Waals surface area contributed by atoms with Crippen LogP contribution in [0.4, 0.5) is 0 Å². The predicted molar refractivity (Wildman–Crippen MR) is 95.9 cm³/mol. The average Bonchev–Trinajstić information content (AvgIpc) is 3.09. The minimum atomic E-state index is 0.204. The molecule has 2 aromatic carbocycles. The van der Waals surface area contributed by atoms with Crippen LogP contribution < -0.4 is 18.9 Å². The third-order valence-electron chi connectivity index (χ3n) is 4.49. The lowest BCUT2D eigenvalue weighted by atomic mass is 10.0. The third-order valence-corrected chi connectivity index (χ3v) is 4.49. The minimum Gasteiger partial charge on any atom is -0.496 e. The predicted octanol–water partition coefficient (Wildman–Crippen LogP) is 4.26. The Bertz CT molecular complexity index is 981. The molecule has 5 heteroatoms. The normalized spacial score (nSPS) is 12.5. The van der Waals surface area contributed by atoms with Crippen molar-refractivity contribution in [2.45, 2.75) is 13.8 Å². The van der Waals surface area contributed by atoms with Gasteiger partial charge in [0.2, 0.25) is 12.5 Å². The van der Waals surface area contributed by atoms with Crippen molar-refractivity contribution in [3.8, 4) is 34.3 Å². The number of rotatable bonds is 3. The maximum absolute atomic E-state index is 5.52. The topological polar surface area (TPSA) is 49.8 Å². The second-order valence-corrected chi connectivity index (χ2v) is 6.08. The molecule has 0 bridgehead atoms. The Kier molecular flexibility index (Phi) is 3.64. The number of nitrogens with zero attached hydrogens (tertiary/aromatic N) is 1. The fraction of sp³-hybridized carbons (Fsp3) is 0.250. The largest absolute Gasteiger partial charge is 0.496 e. The number of benzene rings is 2. The van der Waals surface area contributed by atoms with Crippen LogP contribution in [0.5, 0.6) is 23.0 Å². The number of ether oxygens (including phenoxy) is 4. The zero-order valence-electron chi connectivity index (χ0n) is 14.7. The quantitative estimate of drug-likeness (QED) is 0.714. The van der Waals surface area contributed by atoms with E-state index in [1.165, 1.54) is 0 Å². The first-order valence-corrected chi connectivity index (χ1v) is 8.04. The molecule has 0 spiro atoms. The molecule has 4 rings (SSSR count). The van der Waals surface area contributed by atoms with Gasteiger partial charge in [0.15, 0.2) is 11.5 Å². The van der Waals surface area contributed by atoms with E-state index in [-0.39, 0.29) is 6.79 Å². The lowest BCUT2D eigenvalue weighted by Gasteiger charge is -2.12. The maximum Gasteiger partial charge on any atom is 0.231 e. The minimum absolute atomic E-state index is 0.204. The van der Waals surface area contributed by atoms with E-state index >= 15 is 0 Å². The Hall–Kier alpha value is -2.95. The molecule has 0 N–H and O–H groups in total. The number of hydrogen-bond acceptors (Lipinski definition) is 5. The molecule has 3 aromatic rings. The van der Waals surface area contributed by atoms with E-state index in [0.29, 0.717) is 17.2 Å². The van der Waals surface area contributed by atoms with Crippen LogP contribution in [0.3, 0.4) is 0 Å². The van der Waals surface area contributed by atoms with E-state index in [2.05, 4.69) is 19.1 Å². The lowest BCUT2D eigenvalue weighted by Crippen LogP contribution is -1.94. The SMILES string of the molecule is COc1cc2nc(-c3cc(OC)c4c(c3)OCO4)cc(C)c2cc1C. The van der Waals surface area contributed by atoms with Crippen LogP contribution in [0.2, 0.25) is 0 Å². The monoisotopic (exact) mass is 337 g/mol. The Balaban J connectivity index is 1.91. The highest BCUT2D eigenvalue weighted by molar-refractivity contribution is 5.87. The van der Waals surface area contributed by atoms with Crippen molar-refractivity contribution < 1.29 is 18.9 Å². The zero-order chi connectivity index (χ0) is 17.6. The molecule has 1 aliphatic heterocycles. The molecule has 0 atom stereocenters. The van der Waals surface area contributed by atoms with E-state index in [0.717, 1.165) is 39.0 Å². The number of hydrogen-bond donors (Lipinski definition) is 0. The van der Waals surface area contributed by atoms with E-state index < -0.39 is 0 Å². The lowest BCUT2D eigenvalue weighted by molar-refractivity contribution is 0.171. The molecular weight excluding hydrogens is 318 g/mol. The van der Waals surface area contributed by atoms with Gasteiger partial charge in [0, 0.05) is 17.0 Å². The molecule has 0 fully saturated rings. The van der Waals surface area contributed by atoms with E-state index in [1.54, 1.807) is 14.2 Å². The number of pyridine rings is 1. The summed E-state index contributed by atoms with van der Waals surface area (Å²) in [6.45, 7) is 4.33. The summed E-state index contributed by atoms with van der Waals surface area (Å²) in [5.41, 5.74) is 4.92. The van der Waals surface area contributed by atoms with Crippen LogP contribution in [-0.4, -0.2) is 26.0 Å². The summed E-state index contributed by atoms with van der Waals surface area (Å²) in [7, 11) is 3.29. The van der Waals surface area contributed by atoms with Crippen molar-refractivity contribution in [3.63, 3.8) is 0 Å². The van der Waals surface area contributed by atoms with Gasteiger partial charge >= 0.3 is 0 Å². The van der Waals surface area contributed by atoms with Crippen LogP contribution >= 0.6 is 0 Å². The van der Waals surface area contributed by atoms with Gasteiger partial charge in [-0.3, -0.25) is 0 Å². The molecule has 0 unspecified atom stereocenters. The van der Waals surface area contributed by atoms with E-state index in [4.69, 9.17) is 23.9 Å². The molecular formula is C20H19NO4. The highest BCUT2D eigenvalue weighted by Crippen LogP contribution is 2.44. The van der Waals surface area contributed by atoms with Crippen molar-refractivity contribution in [3.05, 3.63) is 41.5 Å². The second kappa shape index (κ2) is 5.84. The molecule has 0 aliphatic carbocycles. The molecule has 0 saturated heterocycles. The van der Waals surface area contributed by atoms with Crippen LogP contribution in [0, 0.1) is 13.8 Å². The highest BCUT2D eigenvalue weighted by Gasteiger charge is 2.21. The molecule has 0 saturated carbocycles. The number of methoxy groups -OCH3 is 2. The van der Waals surface area contributed by atoms with Gasteiger partial charge in [-0.15, -0.1) is 0 Å². The van der Waals surface area contributed by atoms with Gasteiger partial charge in [-0.2, -0.15) is 0 Å². The molecule has 5 nitrogen and oxygen atoms in total. The van der Waals surface area contributed by atoms with Gasteiger partial charge in [-0.05, 0) is 49.2 Å². The first-order chi connectivity index (χ1) is 12.1. The number of aromatic nitrogens is 1. The van der Waals surface area contributed by atoms with Crippen molar-refractivity contribution in [1.82, 2.24) is 4.98 Å². The molecule has 0 amide bonds. The second-order valence-electron chi connectivity index (χ2n) is 6.08. The molecule has 2 heterocycles. The van der Waals surface area contributed by atoms with Gasteiger partial charge in [0.25, 0.3) is 0 Å². The molecule has 1 aromatic heterocycles. The first-order valence-electron chi connectivity index (χ1n) is 8.04. The van der Waals surface area contributed by atoms with Gasteiger partial charge in [-0.25, -0.2) is 4.98 Å². The van der Waals surface area contributed by atoms with E-state index in [9.17, 15) is 0 Å². The van der Waals surface area contributed by atoms with E-state index in [1.807, 2.05) is 25.1 Å². The summed E-state index contributed by atoms with van der Waals surface area (Å²) in [4.78, 5) is 4.82. The average molecular weight is 337 g/mol. The van der Waals surface area contributed by atoms with Crippen LogP contribution in [-0.2, 0) is 0 Å². The van der Waals surface area contributed by atoms with Gasteiger partial charge < -0.3 is 18.9 Å².